The molecule has 0 saturated carbocycles. The van der Waals surface area contributed by atoms with Crippen LogP contribution in [-0.4, -0.2) is 48.4 Å². The van der Waals surface area contributed by atoms with Gasteiger partial charge in [0.05, 0.1) is 0 Å². The summed E-state index contributed by atoms with van der Waals surface area (Å²) in [5.41, 5.74) is 0. The predicted molar refractivity (Wildman–Crippen MR) is 248 cm³/mol. The number of hydrogen-bond acceptors (Lipinski definition) is 0. The quantitative estimate of drug-likeness (QED) is 0.0724. The molecule has 0 atom stereocenters. The zero-order chi connectivity index (χ0) is 38.8. The summed E-state index contributed by atoms with van der Waals surface area (Å²) in [6.45, 7) is 59.5. The van der Waals surface area contributed by atoms with Crippen molar-refractivity contribution in [2.24, 2.45) is 0 Å². The summed E-state index contributed by atoms with van der Waals surface area (Å²) in [5, 5.41) is 0. The van der Waals surface area contributed by atoms with Crippen molar-refractivity contribution in [2.75, 3.05) is 0 Å². The van der Waals surface area contributed by atoms with Crippen molar-refractivity contribution in [3.05, 3.63) is 0 Å². The van der Waals surface area contributed by atoms with E-state index in [1.165, 1.54) is 0 Å². The van der Waals surface area contributed by atoms with Crippen LogP contribution in [0.2, 0.25) is 119 Å². The fourth-order valence-electron chi connectivity index (χ4n) is 14.8. The van der Waals surface area contributed by atoms with E-state index in [9.17, 15) is 0 Å². The summed E-state index contributed by atoms with van der Waals surface area (Å²) >= 11 is -1.37. The Morgan fingerprint density at radius 1 is 0.224 bits per heavy atom. The normalized spacial score (nSPS) is 15.1. The first-order valence-electron chi connectivity index (χ1n) is 22.7. The van der Waals surface area contributed by atoms with Crippen LogP contribution in [0.15, 0.2) is 0 Å². The second kappa shape index (κ2) is 20.1. The Kier molecular flexibility index (Phi) is 20.9. The van der Waals surface area contributed by atoms with Gasteiger partial charge in [0.2, 0.25) is 0 Å². The average Bonchev–Trinajstić information content (AvgIpc) is 3.14. The Hall–Kier alpha value is 1.83. The fourth-order valence-corrected chi connectivity index (χ4v) is 105. The second-order valence-electron chi connectivity index (χ2n) is 17.5. The van der Waals surface area contributed by atoms with Gasteiger partial charge in [0.1, 0.15) is 0 Å². The van der Waals surface area contributed by atoms with Gasteiger partial charge < -0.3 is 0 Å². The first-order valence-corrected chi connectivity index (χ1v) is 40.3. The van der Waals surface area contributed by atoms with E-state index in [2.05, 4.69) is 145 Å². The third kappa shape index (κ3) is 6.98. The summed E-state index contributed by atoms with van der Waals surface area (Å²) in [6, 6.07) is 27.9. The summed E-state index contributed by atoms with van der Waals surface area (Å²) in [5.74, 6) is 0. The molecule has 0 N–H and O–H groups in total. The van der Waals surface area contributed by atoms with Gasteiger partial charge >= 0.3 is 327 Å². The third-order valence-electron chi connectivity index (χ3n) is 19.5. The molecule has 0 nitrogen and oxygen atoms in total. The van der Waals surface area contributed by atoms with Gasteiger partial charge in [0.15, 0.2) is 0 Å². The fraction of sp³-hybridized carbons (Fsp3) is 1.00. The van der Waals surface area contributed by atoms with Gasteiger partial charge in [-0.25, -0.2) is 0 Å². The summed E-state index contributed by atoms with van der Waals surface area (Å²) < 4.78 is 2.01. The summed E-state index contributed by atoms with van der Waals surface area (Å²) in [7, 11) is -10.3. The Labute approximate surface area is 325 Å². The van der Waals surface area contributed by atoms with Gasteiger partial charge in [-0.2, -0.15) is 0 Å². The molecule has 297 valence electrons. The van der Waals surface area contributed by atoms with Gasteiger partial charge in [-0.15, -0.1) is 0 Å². The summed E-state index contributed by atoms with van der Waals surface area (Å²) in [4.78, 5) is 0. The molecule has 0 aromatic carbocycles. The number of rotatable bonds is 27. The van der Waals surface area contributed by atoms with Crippen molar-refractivity contribution >= 4 is 48.4 Å². The Bertz CT molecular complexity index is 697. The predicted octanol–water partition coefficient (Wildman–Crippen LogP) is 17.4. The van der Waals surface area contributed by atoms with Crippen molar-refractivity contribution in [1.82, 2.24) is 0 Å². The van der Waals surface area contributed by atoms with E-state index < -0.39 is 62.6 Å². The maximum absolute atomic E-state index is 3.26. The van der Waals surface area contributed by atoms with Crippen LogP contribution < -0.4 is 0 Å². The van der Waals surface area contributed by atoms with E-state index in [0.29, 0.717) is 10.6 Å². The van der Waals surface area contributed by atoms with Crippen molar-refractivity contribution in [2.45, 2.75) is 265 Å². The standard InChI is InChI=1S/3C14H33Si2.Cr/c3*1-8-15(9-2,10-3)14(7)16(11-4,12-5)13-6;/h3*8-13H2,1-7H3;. The number of hydrogen-bond donors (Lipinski definition) is 0. The van der Waals surface area contributed by atoms with Gasteiger partial charge in [-0.3, -0.25) is 0 Å². The van der Waals surface area contributed by atoms with Crippen molar-refractivity contribution in [1.29, 1.82) is 0 Å². The Morgan fingerprint density at radius 2 is 0.306 bits per heavy atom. The molecule has 0 amide bonds. The molecule has 0 aliphatic carbocycles. The van der Waals surface area contributed by atoms with Crippen LogP contribution in [0.5, 0.6) is 0 Å². The van der Waals surface area contributed by atoms with Crippen LogP contribution in [0.3, 0.4) is 0 Å². The van der Waals surface area contributed by atoms with Gasteiger partial charge in [0.25, 0.3) is 0 Å². The van der Waals surface area contributed by atoms with Crippen LogP contribution in [0.25, 0.3) is 0 Å². The molecule has 0 rings (SSSR count). The maximum atomic E-state index is 3.26. The van der Waals surface area contributed by atoms with Crippen LogP contribution in [0.4, 0.5) is 0 Å². The van der Waals surface area contributed by atoms with E-state index in [0.717, 1.165) is 0 Å². The first kappa shape index (κ1) is 50.8. The van der Waals surface area contributed by atoms with Crippen LogP contribution >= 0.6 is 0 Å². The van der Waals surface area contributed by atoms with E-state index >= 15 is 0 Å². The van der Waals surface area contributed by atoms with E-state index in [-0.39, 0.29) is 0 Å². The Balaban J connectivity index is 10.5. The minimum atomic E-state index is -1.71. The minimum absolute atomic E-state index is 0.672. The molecule has 0 fully saturated rings. The summed E-state index contributed by atoms with van der Waals surface area (Å²) in [6.07, 6.45) is 0. The zero-order valence-electron chi connectivity index (χ0n) is 38.6. The van der Waals surface area contributed by atoms with Crippen LogP contribution in [-0.2, 0) is 14.1 Å². The zero-order valence-corrected chi connectivity index (χ0v) is 45.9. The second-order valence-corrected chi connectivity index (χ2v) is 61.4. The molecule has 0 saturated heterocycles. The molecule has 0 spiro atoms. The Morgan fingerprint density at radius 3 is 0.367 bits per heavy atom. The molecule has 7 heteroatoms. The van der Waals surface area contributed by atoms with Crippen molar-refractivity contribution in [3.63, 3.8) is 0 Å². The molecule has 0 heterocycles. The molecule has 49 heavy (non-hydrogen) atoms. The molecule has 0 aliphatic heterocycles. The SMILES string of the molecule is CC[Si](CC)(CC)[C](C)([Cr]([C](C)([Si](CC)(CC)CC)[Si](CC)(CC)CC)[C](C)([Si](CC)(CC)CC)[Si](CC)(CC)CC)[Si](CC)(CC)CC. The van der Waals surface area contributed by atoms with Gasteiger partial charge in [0, 0.05) is 0 Å². The first-order chi connectivity index (χ1) is 23.0. The molecule has 0 radical (unpaired) electrons. The van der Waals surface area contributed by atoms with Gasteiger partial charge in [-0.05, 0) is 0 Å². The van der Waals surface area contributed by atoms with Crippen LogP contribution in [0, 0.1) is 0 Å². The van der Waals surface area contributed by atoms with E-state index in [1.807, 2.05) is 0 Å². The van der Waals surface area contributed by atoms with Crippen molar-refractivity contribution in [3.8, 4) is 0 Å². The topological polar surface area (TPSA) is 0 Å². The molecule has 0 bridgehead atoms. The molecular formula is C42H99CrSi6. The third-order valence-corrected chi connectivity index (χ3v) is 86.6. The molecule has 0 aromatic heterocycles. The molecule has 0 unspecified atom stereocenters. The monoisotopic (exact) mass is 824 g/mol. The van der Waals surface area contributed by atoms with Crippen LogP contribution in [0.1, 0.15) is 145 Å². The van der Waals surface area contributed by atoms with E-state index in [4.69, 9.17) is 0 Å². The van der Waals surface area contributed by atoms with E-state index in [1.54, 1.807) is 109 Å². The van der Waals surface area contributed by atoms with Gasteiger partial charge in [-0.1, -0.05) is 0 Å². The average molecular weight is 825 g/mol. The molecule has 0 aliphatic rings. The van der Waals surface area contributed by atoms with Crippen molar-refractivity contribution < 1.29 is 14.1 Å². The molecular weight excluding hydrogens is 725 g/mol. The molecule has 0 aromatic rings.